The number of nitrogens with two attached hydrogens (primary N) is 1. The quantitative estimate of drug-likeness (QED) is 0.522. The molecule has 2 aromatic heterocycles. The van der Waals surface area contributed by atoms with Gasteiger partial charge in [-0.25, -0.2) is 14.8 Å². The number of primary amides is 1. The molecule has 0 radical (unpaired) electrons. The molecule has 1 aliphatic rings. The topological polar surface area (TPSA) is 94.4 Å². The van der Waals surface area contributed by atoms with E-state index in [0.717, 1.165) is 51.3 Å². The number of amides is 2. The maximum atomic E-state index is 11.9. The summed E-state index contributed by atoms with van der Waals surface area (Å²) in [5, 5.41) is 1.20. The van der Waals surface area contributed by atoms with Gasteiger partial charge in [0.05, 0.1) is 15.7 Å². The Hall–Kier alpha value is -2.55. The van der Waals surface area contributed by atoms with E-state index >= 15 is 0 Å². The van der Waals surface area contributed by atoms with Crippen molar-refractivity contribution in [2.75, 3.05) is 49.1 Å². The third-order valence-electron chi connectivity index (χ3n) is 5.51. The standard InChI is InChI=1S/C21H25Cl2N7O/c22-15-5-3-7-17(18(15)23)29-13-11-28(12-14-29)9-1-2-10-30(20(24)31)21-26-16-6-4-8-25-19(16)27-21/h3-8H,1-2,9-14H2,(H2,24,31)(H,25,26,27). The molecule has 2 amide bonds. The number of hydrogen-bond acceptors (Lipinski definition) is 5. The molecular formula is C21H25Cl2N7O. The second-order valence-electron chi connectivity index (χ2n) is 7.53. The average Bonchev–Trinajstić information content (AvgIpc) is 3.19. The van der Waals surface area contributed by atoms with Gasteiger partial charge in [-0.15, -0.1) is 0 Å². The van der Waals surface area contributed by atoms with E-state index in [1.165, 1.54) is 4.90 Å². The first-order valence-electron chi connectivity index (χ1n) is 10.3. The minimum Gasteiger partial charge on any atom is -0.368 e. The maximum Gasteiger partial charge on any atom is 0.321 e. The SMILES string of the molecule is NC(=O)N(CCCCN1CCN(c2cccc(Cl)c2Cl)CC1)c1nc2cccnc2[nH]1. The van der Waals surface area contributed by atoms with Crippen LogP contribution in [-0.2, 0) is 0 Å². The van der Waals surface area contributed by atoms with Crippen LogP contribution >= 0.6 is 23.2 Å². The van der Waals surface area contributed by atoms with Crippen molar-refractivity contribution >= 4 is 52.0 Å². The number of anilines is 2. The molecule has 31 heavy (non-hydrogen) atoms. The molecule has 3 N–H and O–H groups in total. The summed E-state index contributed by atoms with van der Waals surface area (Å²) in [6, 6.07) is 8.88. The number of pyridine rings is 1. The highest BCUT2D eigenvalue weighted by atomic mass is 35.5. The lowest BCUT2D eigenvalue weighted by Crippen LogP contribution is -2.46. The highest BCUT2D eigenvalue weighted by Gasteiger charge is 2.20. The lowest BCUT2D eigenvalue weighted by atomic mass is 10.2. The number of unbranched alkanes of at least 4 members (excludes halogenated alkanes) is 1. The van der Waals surface area contributed by atoms with Crippen LogP contribution in [0, 0.1) is 0 Å². The second-order valence-corrected chi connectivity index (χ2v) is 8.32. The van der Waals surface area contributed by atoms with Crippen molar-refractivity contribution in [1.29, 1.82) is 0 Å². The highest BCUT2D eigenvalue weighted by molar-refractivity contribution is 6.43. The van der Waals surface area contributed by atoms with Crippen LogP contribution < -0.4 is 15.5 Å². The molecule has 0 unspecified atom stereocenters. The summed E-state index contributed by atoms with van der Waals surface area (Å²) in [5.41, 5.74) is 7.92. The molecule has 3 aromatic rings. The fourth-order valence-electron chi connectivity index (χ4n) is 3.83. The summed E-state index contributed by atoms with van der Waals surface area (Å²) < 4.78 is 0. The molecule has 1 saturated heterocycles. The van der Waals surface area contributed by atoms with E-state index in [2.05, 4.69) is 24.8 Å². The fraction of sp³-hybridized carbons (Fsp3) is 0.381. The maximum absolute atomic E-state index is 11.9. The number of carbonyl (C=O) groups excluding carboxylic acids is 1. The lowest BCUT2D eigenvalue weighted by Gasteiger charge is -2.36. The van der Waals surface area contributed by atoms with Gasteiger partial charge in [0.25, 0.3) is 0 Å². The van der Waals surface area contributed by atoms with Crippen LogP contribution in [0.3, 0.4) is 0 Å². The molecule has 3 heterocycles. The zero-order valence-electron chi connectivity index (χ0n) is 17.1. The summed E-state index contributed by atoms with van der Waals surface area (Å²) in [5.74, 6) is 0.438. The van der Waals surface area contributed by atoms with Gasteiger partial charge in [0.1, 0.15) is 5.52 Å². The summed E-state index contributed by atoms with van der Waals surface area (Å²) in [4.78, 5) is 29.8. The van der Waals surface area contributed by atoms with Gasteiger partial charge < -0.3 is 15.6 Å². The van der Waals surface area contributed by atoms with E-state index < -0.39 is 6.03 Å². The van der Waals surface area contributed by atoms with Gasteiger partial charge in [0.15, 0.2) is 5.65 Å². The molecule has 1 aromatic carbocycles. The predicted octanol–water partition coefficient (Wildman–Crippen LogP) is 3.75. The van der Waals surface area contributed by atoms with Crippen LogP contribution in [0.25, 0.3) is 11.2 Å². The van der Waals surface area contributed by atoms with Gasteiger partial charge in [0.2, 0.25) is 5.95 Å². The number of rotatable bonds is 7. The third kappa shape index (κ3) is 5.03. The minimum atomic E-state index is -0.522. The predicted molar refractivity (Wildman–Crippen MR) is 125 cm³/mol. The molecule has 0 aliphatic carbocycles. The van der Waals surface area contributed by atoms with Crippen LogP contribution in [-0.4, -0.2) is 65.2 Å². The molecule has 0 bridgehead atoms. The van der Waals surface area contributed by atoms with Gasteiger partial charge >= 0.3 is 6.03 Å². The number of nitrogens with zero attached hydrogens (tertiary/aromatic N) is 5. The molecule has 164 valence electrons. The molecular weight excluding hydrogens is 437 g/mol. The van der Waals surface area contributed by atoms with Crippen molar-refractivity contribution in [3.8, 4) is 0 Å². The molecule has 4 rings (SSSR count). The van der Waals surface area contributed by atoms with Gasteiger partial charge in [-0.1, -0.05) is 29.3 Å². The molecule has 1 fully saturated rings. The van der Waals surface area contributed by atoms with Gasteiger partial charge in [-0.3, -0.25) is 9.80 Å². The number of nitrogens with one attached hydrogen (secondary N) is 1. The Morgan fingerprint density at radius 1 is 1.13 bits per heavy atom. The Morgan fingerprint density at radius 3 is 2.68 bits per heavy atom. The molecule has 0 saturated carbocycles. The molecule has 8 nitrogen and oxygen atoms in total. The Balaban J connectivity index is 1.25. The van der Waals surface area contributed by atoms with E-state index in [1.807, 2.05) is 24.3 Å². The summed E-state index contributed by atoms with van der Waals surface area (Å²) >= 11 is 12.5. The zero-order chi connectivity index (χ0) is 21.8. The van der Waals surface area contributed by atoms with E-state index in [4.69, 9.17) is 28.9 Å². The molecule has 0 spiro atoms. The van der Waals surface area contributed by atoms with Gasteiger partial charge in [-0.05, 0) is 43.7 Å². The van der Waals surface area contributed by atoms with Crippen molar-refractivity contribution in [2.24, 2.45) is 5.73 Å². The molecule has 1 aliphatic heterocycles. The first-order chi connectivity index (χ1) is 15.0. The Bertz CT molecular complexity index is 1020. The number of benzene rings is 1. The number of hydrogen-bond donors (Lipinski definition) is 2. The minimum absolute atomic E-state index is 0.438. The zero-order valence-corrected chi connectivity index (χ0v) is 18.6. The Kier molecular flexibility index (Phi) is 6.80. The van der Waals surface area contributed by atoms with Crippen molar-refractivity contribution < 1.29 is 4.79 Å². The van der Waals surface area contributed by atoms with Crippen LogP contribution in [0.4, 0.5) is 16.4 Å². The van der Waals surface area contributed by atoms with Gasteiger partial charge in [0, 0.05) is 38.9 Å². The number of piperazine rings is 1. The number of halogens is 2. The normalized spacial score (nSPS) is 14.8. The number of urea groups is 1. The van der Waals surface area contributed by atoms with E-state index in [1.54, 1.807) is 12.3 Å². The van der Waals surface area contributed by atoms with Crippen LogP contribution in [0.5, 0.6) is 0 Å². The number of carbonyl (C=O) groups is 1. The van der Waals surface area contributed by atoms with Gasteiger partial charge in [-0.2, -0.15) is 0 Å². The second kappa shape index (κ2) is 9.72. The van der Waals surface area contributed by atoms with Crippen molar-refractivity contribution in [1.82, 2.24) is 19.9 Å². The number of aromatic nitrogens is 3. The lowest BCUT2D eigenvalue weighted by molar-refractivity contribution is 0.249. The Morgan fingerprint density at radius 2 is 1.94 bits per heavy atom. The highest BCUT2D eigenvalue weighted by Crippen LogP contribution is 2.32. The van der Waals surface area contributed by atoms with Crippen LogP contribution in [0.1, 0.15) is 12.8 Å². The number of aromatic amines is 1. The summed E-state index contributed by atoms with van der Waals surface area (Å²) in [6.07, 6.45) is 3.47. The number of H-pyrrole nitrogens is 1. The first-order valence-corrected chi connectivity index (χ1v) is 11.1. The van der Waals surface area contributed by atoms with Crippen molar-refractivity contribution in [3.05, 3.63) is 46.6 Å². The number of fused-ring (bicyclic) bond motifs is 1. The average molecular weight is 462 g/mol. The number of imidazole rings is 1. The summed E-state index contributed by atoms with van der Waals surface area (Å²) in [7, 11) is 0. The van der Waals surface area contributed by atoms with E-state index in [0.29, 0.717) is 33.7 Å². The van der Waals surface area contributed by atoms with Crippen LogP contribution in [0.15, 0.2) is 36.5 Å². The van der Waals surface area contributed by atoms with E-state index in [-0.39, 0.29) is 0 Å². The van der Waals surface area contributed by atoms with Crippen molar-refractivity contribution in [2.45, 2.75) is 12.8 Å². The largest absolute Gasteiger partial charge is 0.368 e. The first kappa shape index (κ1) is 21.7. The summed E-state index contributed by atoms with van der Waals surface area (Å²) in [6.45, 7) is 5.19. The molecule has 0 atom stereocenters. The van der Waals surface area contributed by atoms with Crippen LogP contribution in [0.2, 0.25) is 10.0 Å². The Labute approximate surface area is 190 Å². The van der Waals surface area contributed by atoms with E-state index in [9.17, 15) is 4.79 Å². The third-order valence-corrected chi connectivity index (χ3v) is 6.32. The fourth-order valence-corrected chi connectivity index (χ4v) is 4.25. The smallest absolute Gasteiger partial charge is 0.321 e. The molecule has 10 heteroatoms. The monoisotopic (exact) mass is 461 g/mol. The van der Waals surface area contributed by atoms with Crippen molar-refractivity contribution in [3.63, 3.8) is 0 Å².